The van der Waals surface area contributed by atoms with Crippen LogP contribution in [0.25, 0.3) is 5.57 Å². The van der Waals surface area contributed by atoms with Crippen LogP contribution in [0.3, 0.4) is 0 Å². The number of ether oxygens (including phenoxy) is 1. The lowest BCUT2D eigenvalue weighted by Gasteiger charge is -2.26. The highest BCUT2D eigenvalue weighted by atomic mass is 16.5. The Morgan fingerprint density at radius 1 is 1.15 bits per heavy atom. The molecule has 20 heavy (non-hydrogen) atoms. The number of nitrogens with zero attached hydrogens (tertiary/aromatic N) is 1. The van der Waals surface area contributed by atoms with Crippen molar-refractivity contribution in [3.8, 4) is 0 Å². The molecule has 1 aliphatic heterocycles. The first-order valence-electron chi connectivity index (χ1n) is 7.37. The first-order chi connectivity index (χ1) is 9.69. The van der Waals surface area contributed by atoms with Crippen molar-refractivity contribution in [2.45, 2.75) is 20.3 Å². The smallest absolute Gasteiger partial charge is 0.0698 e. The SMILES string of the molecule is Cc1cc(C)cc(C2=CCN(CCOCCO)CC2)c1. The Balaban J connectivity index is 1.88. The Hall–Kier alpha value is -1.16. The zero-order valence-corrected chi connectivity index (χ0v) is 12.6. The van der Waals surface area contributed by atoms with Crippen molar-refractivity contribution in [1.29, 1.82) is 0 Å². The van der Waals surface area contributed by atoms with Crippen LogP contribution >= 0.6 is 0 Å². The summed E-state index contributed by atoms with van der Waals surface area (Å²) in [7, 11) is 0. The average Bonchev–Trinajstić information content (AvgIpc) is 2.43. The van der Waals surface area contributed by atoms with Crippen molar-refractivity contribution in [2.24, 2.45) is 0 Å². The van der Waals surface area contributed by atoms with Gasteiger partial charge in [0.1, 0.15) is 0 Å². The monoisotopic (exact) mass is 275 g/mol. The van der Waals surface area contributed by atoms with Crippen LogP contribution < -0.4 is 0 Å². The van der Waals surface area contributed by atoms with Gasteiger partial charge in [0.05, 0.1) is 19.8 Å². The van der Waals surface area contributed by atoms with Crippen LogP contribution in [0.5, 0.6) is 0 Å². The van der Waals surface area contributed by atoms with Gasteiger partial charge in [-0.15, -0.1) is 0 Å². The lowest BCUT2D eigenvalue weighted by molar-refractivity contribution is 0.0757. The largest absolute Gasteiger partial charge is 0.394 e. The molecule has 0 unspecified atom stereocenters. The Morgan fingerprint density at radius 3 is 2.50 bits per heavy atom. The predicted molar refractivity (Wildman–Crippen MR) is 82.9 cm³/mol. The van der Waals surface area contributed by atoms with Crippen LogP contribution in [0.1, 0.15) is 23.1 Å². The number of rotatable bonds is 6. The molecule has 0 radical (unpaired) electrons. The summed E-state index contributed by atoms with van der Waals surface area (Å²) >= 11 is 0. The topological polar surface area (TPSA) is 32.7 Å². The zero-order valence-electron chi connectivity index (χ0n) is 12.6. The standard InChI is InChI=1S/C17H25NO2/c1-14-11-15(2)13-17(12-14)16-3-5-18(6-4-16)7-9-20-10-8-19/h3,11-13,19H,4-10H2,1-2H3. The fourth-order valence-electron chi connectivity index (χ4n) is 2.70. The molecule has 3 nitrogen and oxygen atoms in total. The lowest BCUT2D eigenvalue weighted by atomic mass is 9.96. The summed E-state index contributed by atoms with van der Waals surface area (Å²) in [6.07, 6.45) is 3.44. The molecule has 1 aromatic carbocycles. The van der Waals surface area contributed by atoms with E-state index in [4.69, 9.17) is 9.84 Å². The summed E-state index contributed by atoms with van der Waals surface area (Å²) in [6.45, 7) is 8.58. The number of aryl methyl sites for hydroxylation is 2. The van der Waals surface area contributed by atoms with Crippen LogP contribution in [0.2, 0.25) is 0 Å². The van der Waals surface area contributed by atoms with E-state index >= 15 is 0 Å². The molecule has 0 spiro atoms. The summed E-state index contributed by atoms with van der Waals surface area (Å²) in [4.78, 5) is 2.39. The Bertz CT molecular complexity index is 448. The summed E-state index contributed by atoms with van der Waals surface area (Å²) in [5.74, 6) is 0. The van der Waals surface area contributed by atoms with E-state index in [1.165, 1.54) is 22.3 Å². The van der Waals surface area contributed by atoms with Gasteiger partial charge >= 0.3 is 0 Å². The molecule has 0 aliphatic carbocycles. The number of benzene rings is 1. The summed E-state index contributed by atoms with van der Waals surface area (Å²) in [5, 5.41) is 8.66. The van der Waals surface area contributed by atoms with Gasteiger partial charge in [-0.3, -0.25) is 4.90 Å². The molecule has 0 aromatic heterocycles. The van der Waals surface area contributed by atoms with Gasteiger partial charge in [-0.2, -0.15) is 0 Å². The molecule has 0 atom stereocenters. The maximum atomic E-state index is 8.66. The van der Waals surface area contributed by atoms with Crippen molar-refractivity contribution in [3.63, 3.8) is 0 Å². The van der Waals surface area contributed by atoms with Gasteiger partial charge in [0.15, 0.2) is 0 Å². The number of hydrogen-bond donors (Lipinski definition) is 1. The molecule has 1 N–H and O–H groups in total. The molecule has 2 rings (SSSR count). The minimum absolute atomic E-state index is 0.108. The van der Waals surface area contributed by atoms with E-state index in [0.29, 0.717) is 13.2 Å². The third-order valence-corrected chi connectivity index (χ3v) is 3.67. The number of hydrogen-bond acceptors (Lipinski definition) is 3. The third kappa shape index (κ3) is 4.44. The van der Waals surface area contributed by atoms with E-state index in [9.17, 15) is 0 Å². The summed E-state index contributed by atoms with van der Waals surface area (Å²) in [6, 6.07) is 6.77. The Kier molecular flexibility index (Phi) is 5.77. The van der Waals surface area contributed by atoms with Gasteiger partial charge in [-0.1, -0.05) is 35.4 Å². The predicted octanol–water partition coefficient (Wildman–Crippen LogP) is 2.40. The van der Waals surface area contributed by atoms with Crippen molar-refractivity contribution in [3.05, 3.63) is 41.0 Å². The second-order valence-corrected chi connectivity index (χ2v) is 5.49. The molecule has 0 bridgehead atoms. The molecular formula is C17H25NO2. The second-order valence-electron chi connectivity index (χ2n) is 5.49. The highest BCUT2D eigenvalue weighted by Crippen LogP contribution is 2.24. The van der Waals surface area contributed by atoms with Gasteiger partial charge < -0.3 is 9.84 Å². The molecule has 0 saturated carbocycles. The van der Waals surface area contributed by atoms with Gasteiger partial charge in [0.25, 0.3) is 0 Å². The Morgan fingerprint density at radius 2 is 1.90 bits per heavy atom. The molecule has 1 aromatic rings. The Labute approximate surface area is 121 Å². The van der Waals surface area contributed by atoms with E-state index < -0.39 is 0 Å². The first kappa shape index (κ1) is 15.2. The van der Waals surface area contributed by atoms with Crippen LogP contribution in [-0.4, -0.2) is 49.5 Å². The van der Waals surface area contributed by atoms with Crippen LogP contribution in [0.15, 0.2) is 24.3 Å². The molecule has 0 amide bonds. The molecular weight excluding hydrogens is 250 g/mol. The minimum atomic E-state index is 0.108. The fourth-order valence-corrected chi connectivity index (χ4v) is 2.70. The number of aliphatic hydroxyl groups excluding tert-OH is 1. The van der Waals surface area contributed by atoms with Gasteiger partial charge in [0.2, 0.25) is 0 Å². The molecule has 3 heteroatoms. The van der Waals surface area contributed by atoms with E-state index in [1.54, 1.807) is 0 Å². The highest BCUT2D eigenvalue weighted by Gasteiger charge is 2.13. The second kappa shape index (κ2) is 7.58. The zero-order chi connectivity index (χ0) is 14.4. The third-order valence-electron chi connectivity index (χ3n) is 3.67. The van der Waals surface area contributed by atoms with E-state index in [1.807, 2.05) is 0 Å². The quantitative estimate of drug-likeness (QED) is 0.809. The molecule has 0 fully saturated rings. The molecule has 0 saturated heterocycles. The van der Waals surface area contributed by atoms with Crippen molar-refractivity contribution < 1.29 is 9.84 Å². The fraction of sp³-hybridized carbons (Fsp3) is 0.529. The average molecular weight is 275 g/mol. The van der Waals surface area contributed by atoms with Gasteiger partial charge in [-0.05, 0) is 31.4 Å². The van der Waals surface area contributed by atoms with Crippen LogP contribution in [0.4, 0.5) is 0 Å². The van der Waals surface area contributed by atoms with Crippen molar-refractivity contribution in [2.75, 3.05) is 39.5 Å². The first-order valence-corrected chi connectivity index (χ1v) is 7.37. The molecule has 110 valence electrons. The van der Waals surface area contributed by atoms with Gasteiger partial charge in [0, 0.05) is 19.6 Å². The van der Waals surface area contributed by atoms with E-state index in [-0.39, 0.29) is 6.61 Å². The van der Waals surface area contributed by atoms with E-state index in [0.717, 1.165) is 26.1 Å². The van der Waals surface area contributed by atoms with Gasteiger partial charge in [-0.25, -0.2) is 0 Å². The highest BCUT2D eigenvalue weighted by molar-refractivity contribution is 5.67. The number of aliphatic hydroxyl groups is 1. The summed E-state index contributed by atoms with van der Waals surface area (Å²) in [5.41, 5.74) is 5.50. The maximum Gasteiger partial charge on any atom is 0.0698 e. The van der Waals surface area contributed by atoms with Crippen molar-refractivity contribution >= 4 is 5.57 Å². The van der Waals surface area contributed by atoms with Crippen LogP contribution in [-0.2, 0) is 4.74 Å². The maximum absolute atomic E-state index is 8.66. The molecule has 1 heterocycles. The lowest BCUT2D eigenvalue weighted by Crippen LogP contribution is -2.31. The van der Waals surface area contributed by atoms with E-state index in [2.05, 4.69) is 43.0 Å². The van der Waals surface area contributed by atoms with Crippen molar-refractivity contribution in [1.82, 2.24) is 4.90 Å². The normalized spacial score (nSPS) is 16.2. The molecule has 1 aliphatic rings. The minimum Gasteiger partial charge on any atom is -0.394 e. The summed E-state index contributed by atoms with van der Waals surface area (Å²) < 4.78 is 5.32. The van der Waals surface area contributed by atoms with Crippen LogP contribution in [0, 0.1) is 13.8 Å².